The van der Waals surface area contributed by atoms with Crippen LogP contribution in [0.15, 0.2) is 30.5 Å². The molecule has 230 valence electrons. The van der Waals surface area contributed by atoms with Gasteiger partial charge in [-0.3, -0.25) is 9.59 Å². The Labute approximate surface area is 248 Å². The SMILES string of the molecule is COc1ccc(C[C@@H](NC(=O)NCCc2cn[nH]n2)C(=O)N2CCC(C(=O)NC(C)(C)C)(C3CCCCC3)CC2)cc1. The summed E-state index contributed by atoms with van der Waals surface area (Å²) in [6.45, 7) is 7.39. The number of H-pyrrole nitrogens is 1. The van der Waals surface area contributed by atoms with E-state index in [0.717, 1.165) is 42.7 Å². The van der Waals surface area contributed by atoms with Crippen LogP contribution in [0.3, 0.4) is 0 Å². The van der Waals surface area contributed by atoms with Crippen molar-refractivity contribution >= 4 is 17.8 Å². The van der Waals surface area contributed by atoms with Crippen LogP contribution < -0.4 is 20.7 Å². The van der Waals surface area contributed by atoms with Crippen molar-refractivity contribution in [1.29, 1.82) is 0 Å². The number of piperidine rings is 1. The predicted molar refractivity (Wildman–Crippen MR) is 160 cm³/mol. The van der Waals surface area contributed by atoms with Gasteiger partial charge in [0.05, 0.1) is 24.4 Å². The fourth-order valence-electron chi connectivity index (χ4n) is 6.34. The Kier molecular flexibility index (Phi) is 10.5. The van der Waals surface area contributed by atoms with E-state index in [1.165, 1.54) is 6.42 Å². The molecule has 1 aliphatic carbocycles. The third kappa shape index (κ3) is 8.23. The first-order valence-corrected chi connectivity index (χ1v) is 15.2. The quantitative estimate of drug-likeness (QED) is 0.339. The number of benzene rings is 1. The van der Waals surface area contributed by atoms with Gasteiger partial charge in [0.15, 0.2) is 0 Å². The molecule has 4 rings (SSSR count). The molecule has 2 fully saturated rings. The number of methoxy groups -OCH3 is 1. The highest BCUT2D eigenvalue weighted by Crippen LogP contribution is 2.46. The molecule has 1 aromatic heterocycles. The largest absolute Gasteiger partial charge is 0.497 e. The predicted octanol–water partition coefficient (Wildman–Crippen LogP) is 3.37. The molecule has 11 nitrogen and oxygen atoms in total. The van der Waals surface area contributed by atoms with Gasteiger partial charge in [0.25, 0.3) is 0 Å². The number of hydrogen-bond acceptors (Lipinski definition) is 6. The average Bonchev–Trinajstić information content (AvgIpc) is 3.50. The van der Waals surface area contributed by atoms with Crippen molar-refractivity contribution < 1.29 is 19.1 Å². The maximum Gasteiger partial charge on any atom is 0.315 e. The fraction of sp³-hybridized carbons (Fsp3) is 0.645. The summed E-state index contributed by atoms with van der Waals surface area (Å²) < 4.78 is 5.28. The summed E-state index contributed by atoms with van der Waals surface area (Å²) in [6, 6.07) is 6.35. The molecule has 0 radical (unpaired) electrons. The van der Waals surface area contributed by atoms with Crippen LogP contribution in [-0.4, -0.2) is 76.5 Å². The van der Waals surface area contributed by atoms with Crippen molar-refractivity contribution in [3.05, 3.63) is 41.7 Å². The lowest BCUT2D eigenvalue weighted by Crippen LogP contribution is -2.59. The molecule has 42 heavy (non-hydrogen) atoms. The van der Waals surface area contributed by atoms with Gasteiger partial charge >= 0.3 is 6.03 Å². The third-order valence-electron chi connectivity index (χ3n) is 8.63. The van der Waals surface area contributed by atoms with Crippen molar-refractivity contribution in [2.75, 3.05) is 26.7 Å². The number of ether oxygens (including phenoxy) is 1. The van der Waals surface area contributed by atoms with Gasteiger partial charge in [-0.25, -0.2) is 4.79 Å². The number of nitrogens with one attached hydrogen (secondary N) is 4. The molecule has 1 aromatic carbocycles. The van der Waals surface area contributed by atoms with Gasteiger partial charge in [-0.15, -0.1) is 0 Å². The minimum Gasteiger partial charge on any atom is -0.497 e. The number of likely N-dealkylation sites (tertiary alicyclic amines) is 1. The first-order valence-electron chi connectivity index (χ1n) is 15.2. The first-order chi connectivity index (χ1) is 20.1. The van der Waals surface area contributed by atoms with Crippen molar-refractivity contribution in [1.82, 2.24) is 36.3 Å². The van der Waals surface area contributed by atoms with Crippen LogP contribution in [0.5, 0.6) is 5.75 Å². The molecule has 0 unspecified atom stereocenters. The minimum atomic E-state index is -0.754. The molecule has 11 heteroatoms. The third-order valence-corrected chi connectivity index (χ3v) is 8.63. The fourth-order valence-corrected chi connectivity index (χ4v) is 6.34. The number of rotatable bonds is 10. The van der Waals surface area contributed by atoms with Gasteiger partial charge in [0.2, 0.25) is 11.8 Å². The highest BCUT2D eigenvalue weighted by Gasteiger charge is 2.49. The summed E-state index contributed by atoms with van der Waals surface area (Å²) >= 11 is 0. The monoisotopic (exact) mass is 581 g/mol. The van der Waals surface area contributed by atoms with Crippen LogP contribution in [0.2, 0.25) is 0 Å². The Hall–Kier alpha value is -3.63. The minimum absolute atomic E-state index is 0.119. The van der Waals surface area contributed by atoms with E-state index < -0.39 is 17.5 Å². The van der Waals surface area contributed by atoms with Gasteiger partial charge in [0, 0.05) is 38.0 Å². The van der Waals surface area contributed by atoms with Crippen molar-refractivity contribution in [3.8, 4) is 5.75 Å². The van der Waals surface area contributed by atoms with Crippen LogP contribution in [0.4, 0.5) is 4.79 Å². The summed E-state index contributed by atoms with van der Waals surface area (Å²) in [6.07, 6.45) is 9.37. The van der Waals surface area contributed by atoms with Gasteiger partial charge in [-0.1, -0.05) is 31.4 Å². The number of hydrogen-bond donors (Lipinski definition) is 4. The zero-order valence-corrected chi connectivity index (χ0v) is 25.5. The summed E-state index contributed by atoms with van der Waals surface area (Å²) in [7, 11) is 1.61. The number of nitrogens with zero attached hydrogens (tertiary/aromatic N) is 3. The van der Waals surface area contributed by atoms with E-state index in [-0.39, 0.29) is 17.4 Å². The van der Waals surface area contributed by atoms with Gasteiger partial charge in [0.1, 0.15) is 11.8 Å². The number of aromatic amines is 1. The highest BCUT2D eigenvalue weighted by atomic mass is 16.5. The summed E-state index contributed by atoms with van der Waals surface area (Å²) in [4.78, 5) is 42.4. The van der Waals surface area contributed by atoms with E-state index in [4.69, 9.17) is 4.74 Å². The highest BCUT2D eigenvalue weighted by molar-refractivity contribution is 5.88. The Bertz CT molecular complexity index is 1160. The van der Waals surface area contributed by atoms with Crippen LogP contribution in [0.25, 0.3) is 0 Å². The Morgan fingerprint density at radius 2 is 1.79 bits per heavy atom. The molecule has 1 saturated carbocycles. The number of carbonyl (C=O) groups excluding carboxylic acids is 3. The van der Waals surface area contributed by atoms with Gasteiger partial charge in [-0.05, 0) is 70.1 Å². The lowest BCUT2D eigenvalue weighted by atomic mass is 9.63. The smallest absolute Gasteiger partial charge is 0.315 e. The molecular formula is C31H47N7O4. The van der Waals surface area contributed by atoms with Crippen LogP contribution >= 0.6 is 0 Å². The average molecular weight is 582 g/mol. The van der Waals surface area contributed by atoms with E-state index in [0.29, 0.717) is 51.2 Å². The molecule has 4 amide bonds. The molecule has 2 aromatic rings. The second-order valence-corrected chi connectivity index (χ2v) is 12.7. The van der Waals surface area contributed by atoms with Crippen LogP contribution in [0.1, 0.15) is 77.0 Å². The molecule has 2 aliphatic rings. The second-order valence-electron chi connectivity index (χ2n) is 12.7. The maximum atomic E-state index is 13.9. The molecule has 1 saturated heterocycles. The number of carbonyl (C=O) groups is 3. The van der Waals surface area contributed by atoms with Gasteiger partial charge < -0.3 is 25.6 Å². The Morgan fingerprint density at radius 1 is 1.10 bits per heavy atom. The zero-order chi connectivity index (χ0) is 30.2. The topological polar surface area (TPSA) is 141 Å². The molecule has 2 heterocycles. The lowest BCUT2D eigenvalue weighted by Gasteiger charge is -2.48. The molecule has 0 spiro atoms. The van der Waals surface area contributed by atoms with Crippen LogP contribution in [0, 0.1) is 11.3 Å². The van der Waals surface area contributed by atoms with E-state index >= 15 is 0 Å². The second kappa shape index (κ2) is 14.0. The van der Waals surface area contributed by atoms with E-state index in [1.54, 1.807) is 13.3 Å². The zero-order valence-electron chi connectivity index (χ0n) is 25.5. The Morgan fingerprint density at radius 3 is 2.38 bits per heavy atom. The molecule has 1 aliphatic heterocycles. The van der Waals surface area contributed by atoms with E-state index in [9.17, 15) is 14.4 Å². The van der Waals surface area contributed by atoms with Crippen molar-refractivity contribution in [3.63, 3.8) is 0 Å². The molecule has 4 N–H and O–H groups in total. The number of urea groups is 1. The van der Waals surface area contributed by atoms with E-state index in [2.05, 4.69) is 31.4 Å². The number of amides is 4. The summed E-state index contributed by atoms with van der Waals surface area (Å²) in [5.74, 6) is 1.04. The number of aromatic nitrogens is 3. The maximum absolute atomic E-state index is 13.9. The summed E-state index contributed by atoms with van der Waals surface area (Å²) in [5.41, 5.74) is 0.865. The van der Waals surface area contributed by atoms with Gasteiger partial charge in [-0.2, -0.15) is 15.4 Å². The molecule has 1 atom stereocenters. The van der Waals surface area contributed by atoms with E-state index in [1.807, 2.05) is 49.9 Å². The summed E-state index contributed by atoms with van der Waals surface area (Å²) in [5, 5.41) is 19.4. The molecular weight excluding hydrogens is 534 g/mol. The van der Waals surface area contributed by atoms with Crippen LogP contribution in [-0.2, 0) is 22.4 Å². The van der Waals surface area contributed by atoms with Crippen molar-refractivity contribution in [2.45, 2.75) is 90.1 Å². The van der Waals surface area contributed by atoms with Crippen molar-refractivity contribution in [2.24, 2.45) is 11.3 Å². The normalized spacial score (nSPS) is 18.1. The first kappa shape index (κ1) is 31.3. The Balaban J connectivity index is 1.45. The molecule has 0 bridgehead atoms. The standard InChI is InChI=1S/C31H47N7O4/c1-30(2,3)35-28(40)31(23-8-6-5-7-9-23)15-18-38(19-16-31)27(39)26(20-22-10-12-25(42-4)13-11-22)34-29(41)32-17-14-24-21-33-37-36-24/h10-13,21,23,26H,5-9,14-20H2,1-4H3,(H,35,40)(H2,32,34,41)(H,33,36,37)/t26-/m1/s1. The lowest BCUT2D eigenvalue weighted by molar-refractivity contribution is -0.146.